The summed E-state index contributed by atoms with van der Waals surface area (Å²) in [5.41, 5.74) is -0.0514. The Morgan fingerprint density at radius 1 is 1.56 bits per heavy atom. The molecule has 0 bridgehead atoms. The van der Waals surface area contributed by atoms with Crippen LogP contribution in [-0.4, -0.2) is 28.5 Å². The molecule has 0 saturated carbocycles. The van der Waals surface area contributed by atoms with E-state index in [9.17, 15) is 4.79 Å². The van der Waals surface area contributed by atoms with Crippen LogP contribution in [0.4, 0.5) is 5.82 Å². The van der Waals surface area contributed by atoms with Gasteiger partial charge in [0.25, 0.3) is 5.56 Å². The van der Waals surface area contributed by atoms with Gasteiger partial charge in [0.1, 0.15) is 0 Å². The van der Waals surface area contributed by atoms with Crippen LogP contribution in [0.15, 0.2) is 17.2 Å². The summed E-state index contributed by atoms with van der Waals surface area (Å²) in [6.07, 6.45) is 3.37. The Morgan fingerprint density at radius 2 is 2.25 bits per heavy atom. The van der Waals surface area contributed by atoms with Crippen LogP contribution in [0.2, 0.25) is 0 Å². The number of rotatable bonds is 5. The SMILES string of the molecule is CCN(CCCl)c1nccn(C(C)C)c1=O. The van der Waals surface area contributed by atoms with Crippen molar-refractivity contribution < 1.29 is 0 Å². The predicted molar refractivity (Wildman–Crippen MR) is 67.5 cm³/mol. The van der Waals surface area contributed by atoms with Crippen molar-refractivity contribution in [2.45, 2.75) is 26.8 Å². The lowest BCUT2D eigenvalue weighted by molar-refractivity contribution is 0.571. The van der Waals surface area contributed by atoms with Crippen LogP contribution in [0.5, 0.6) is 0 Å². The lowest BCUT2D eigenvalue weighted by atomic mass is 10.3. The Kier molecular flexibility index (Phi) is 4.80. The highest BCUT2D eigenvalue weighted by Gasteiger charge is 2.12. The van der Waals surface area contributed by atoms with Crippen LogP contribution in [0.1, 0.15) is 26.8 Å². The highest BCUT2D eigenvalue weighted by atomic mass is 35.5. The van der Waals surface area contributed by atoms with E-state index in [0.717, 1.165) is 6.54 Å². The largest absolute Gasteiger partial charge is 0.351 e. The van der Waals surface area contributed by atoms with E-state index >= 15 is 0 Å². The van der Waals surface area contributed by atoms with Gasteiger partial charge in [-0.25, -0.2) is 4.98 Å². The van der Waals surface area contributed by atoms with Gasteiger partial charge in [0.15, 0.2) is 5.82 Å². The highest BCUT2D eigenvalue weighted by molar-refractivity contribution is 6.18. The van der Waals surface area contributed by atoms with E-state index in [1.165, 1.54) is 0 Å². The summed E-state index contributed by atoms with van der Waals surface area (Å²) in [5.74, 6) is 0.977. The first kappa shape index (κ1) is 13.0. The summed E-state index contributed by atoms with van der Waals surface area (Å²) < 4.78 is 1.68. The van der Waals surface area contributed by atoms with E-state index in [1.807, 2.05) is 25.7 Å². The maximum absolute atomic E-state index is 12.1. The molecule has 0 fully saturated rings. The molecule has 0 unspecified atom stereocenters. The summed E-state index contributed by atoms with van der Waals surface area (Å²) in [7, 11) is 0. The predicted octanol–water partition coefficient (Wildman–Crippen LogP) is 1.89. The zero-order valence-electron chi connectivity index (χ0n) is 9.98. The van der Waals surface area contributed by atoms with Crippen LogP contribution >= 0.6 is 11.6 Å². The van der Waals surface area contributed by atoms with Crippen molar-refractivity contribution >= 4 is 17.4 Å². The van der Waals surface area contributed by atoms with Gasteiger partial charge in [0.2, 0.25) is 0 Å². The molecule has 0 aliphatic rings. The van der Waals surface area contributed by atoms with Gasteiger partial charge in [-0.05, 0) is 20.8 Å². The number of hydrogen-bond donors (Lipinski definition) is 0. The van der Waals surface area contributed by atoms with E-state index < -0.39 is 0 Å². The topological polar surface area (TPSA) is 38.1 Å². The van der Waals surface area contributed by atoms with Crippen molar-refractivity contribution in [3.63, 3.8) is 0 Å². The molecule has 0 aliphatic heterocycles. The Bertz CT molecular complexity index is 389. The number of halogens is 1. The molecule has 0 radical (unpaired) electrons. The normalized spacial score (nSPS) is 10.8. The van der Waals surface area contributed by atoms with E-state index in [1.54, 1.807) is 17.0 Å². The van der Waals surface area contributed by atoms with Gasteiger partial charge in [0.05, 0.1) is 0 Å². The van der Waals surface area contributed by atoms with Crippen molar-refractivity contribution in [1.82, 2.24) is 9.55 Å². The first-order valence-electron chi connectivity index (χ1n) is 5.49. The average molecular weight is 244 g/mol. The molecular formula is C11H18ClN3O. The molecule has 0 aliphatic carbocycles. The smallest absolute Gasteiger partial charge is 0.293 e. The minimum Gasteiger partial charge on any atom is -0.351 e. The number of aromatic nitrogens is 2. The summed E-state index contributed by atoms with van der Waals surface area (Å²) in [5, 5.41) is 0. The zero-order chi connectivity index (χ0) is 12.1. The number of anilines is 1. The fourth-order valence-electron chi connectivity index (χ4n) is 1.55. The van der Waals surface area contributed by atoms with Crippen molar-refractivity contribution in [1.29, 1.82) is 0 Å². The Labute approximate surface area is 101 Å². The molecule has 0 atom stereocenters. The van der Waals surface area contributed by atoms with Crippen LogP contribution < -0.4 is 10.5 Å². The highest BCUT2D eigenvalue weighted by Crippen LogP contribution is 2.06. The summed E-state index contributed by atoms with van der Waals surface area (Å²) in [6, 6.07) is 0.143. The Hall–Kier alpha value is -1.03. The second kappa shape index (κ2) is 5.89. The first-order valence-corrected chi connectivity index (χ1v) is 6.03. The lowest BCUT2D eigenvalue weighted by Gasteiger charge is -2.21. The number of alkyl halides is 1. The van der Waals surface area contributed by atoms with Gasteiger partial charge >= 0.3 is 0 Å². The second-order valence-corrected chi connectivity index (χ2v) is 4.20. The molecule has 4 nitrogen and oxygen atoms in total. The molecular weight excluding hydrogens is 226 g/mol. The Morgan fingerprint density at radius 3 is 2.75 bits per heavy atom. The van der Waals surface area contributed by atoms with Crippen molar-refractivity contribution in [3.05, 3.63) is 22.7 Å². The van der Waals surface area contributed by atoms with Gasteiger partial charge in [0, 0.05) is 37.4 Å². The van der Waals surface area contributed by atoms with Crippen LogP contribution in [0.3, 0.4) is 0 Å². The number of nitrogens with zero attached hydrogens (tertiary/aromatic N) is 3. The zero-order valence-corrected chi connectivity index (χ0v) is 10.7. The van der Waals surface area contributed by atoms with Gasteiger partial charge in [-0.15, -0.1) is 11.6 Å². The maximum Gasteiger partial charge on any atom is 0.293 e. The fraction of sp³-hybridized carbons (Fsp3) is 0.636. The van der Waals surface area contributed by atoms with E-state index in [2.05, 4.69) is 4.98 Å². The van der Waals surface area contributed by atoms with Crippen LogP contribution in [0, 0.1) is 0 Å². The van der Waals surface area contributed by atoms with Crippen molar-refractivity contribution in [2.75, 3.05) is 23.9 Å². The third kappa shape index (κ3) is 2.76. The Balaban J connectivity index is 3.13. The maximum atomic E-state index is 12.1. The minimum absolute atomic E-state index is 0.0514. The van der Waals surface area contributed by atoms with E-state index in [-0.39, 0.29) is 11.6 Å². The van der Waals surface area contributed by atoms with Crippen LogP contribution in [-0.2, 0) is 0 Å². The van der Waals surface area contributed by atoms with Crippen LogP contribution in [0.25, 0.3) is 0 Å². The molecule has 1 aromatic rings. The molecule has 0 spiro atoms. The number of hydrogen-bond acceptors (Lipinski definition) is 3. The fourth-order valence-corrected chi connectivity index (χ4v) is 1.76. The monoisotopic (exact) mass is 243 g/mol. The quantitative estimate of drug-likeness (QED) is 0.742. The van der Waals surface area contributed by atoms with Gasteiger partial charge in [-0.1, -0.05) is 0 Å². The second-order valence-electron chi connectivity index (χ2n) is 3.83. The summed E-state index contributed by atoms with van der Waals surface area (Å²) in [4.78, 5) is 18.1. The molecule has 5 heteroatoms. The molecule has 0 amide bonds. The van der Waals surface area contributed by atoms with E-state index in [0.29, 0.717) is 18.2 Å². The van der Waals surface area contributed by atoms with Gasteiger partial charge < -0.3 is 9.47 Å². The third-order valence-corrected chi connectivity index (χ3v) is 2.61. The molecule has 1 aromatic heterocycles. The van der Waals surface area contributed by atoms with Crippen molar-refractivity contribution in [2.24, 2.45) is 0 Å². The van der Waals surface area contributed by atoms with Gasteiger partial charge in [-0.3, -0.25) is 4.79 Å². The molecule has 0 saturated heterocycles. The summed E-state index contributed by atoms with van der Waals surface area (Å²) in [6.45, 7) is 7.31. The summed E-state index contributed by atoms with van der Waals surface area (Å²) >= 11 is 5.70. The third-order valence-electron chi connectivity index (χ3n) is 2.44. The van der Waals surface area contributed by atoms with E-state index in [4.69, 9.17) is 11.6 Å². The average Bonchev–Trinajstić information content (AvgIpc) is 2.26. The molecule has 16 heavy (non-hydrogen) atoms. The van der Waals surface area contributed by atoms with Gasteiger partial charge in [-0.2, -0.15) is 0 Å². The lowest BCUT2D eigenvalue weighted by Crippen LogP contribution is -2.34. The standard InChI is InChI=1S/C11H18ClN3O/c1-4-14(7-5-12)10-11(16)15(9(2)3)8-6-13-10/h6,8-9H,4-5,7H2,1-3H3. The molecule has 0 aromatic carbocycles. The minimum atomic E-state index is -0.0514. The molecule has 1 heterocycles. The molecule has 1 rings (SSSR count). The molecule has 0 N–H and O–H groups in total. The first-order chi connectivity index (χ1) is 7.61. The molecule has 90 valence electrons. The van der Waals surface area contributed by atoms with Crippen molar-refractivity contribution in [3.8, 4) is 0 Å².